The molecule has 0 aliphatic heterocycles. The van der Waals surface area contributed by atoms with Gasteiger partial charge in [0.05, 0.1) is 5.56 Å². The number of rotatable bonds is 12. The van der Waals surface area contributed by atoms with Crippen molar-refractivity contribution in [2.24, 2.45) is 0 Å². The van der Waals surface area contributed by atoms with E-state index in [2.05, 4.69) is 49.7 Å². The lowest BCUT2D eigenvalue weighted by Crippen LogP contribution is -1.93. The predicted octanol–water partition coefficient (Wildman–Crippen LogP) is 9.79. The summed E-state index contributed by atoms with van der Waals surface area (Å²) in [4.78, 5) is 0. The molecule has 0 nitrogen and oxygen atoms in total. The first-order valence-corrected chi connectivity index (χ1v) is 14.3. The van der Waals surface area contributed by atoms with E-state index in [-0.39, 0.29) is 5.56 Å². The molecule has 0 atom stereocenters. The lowest BCUT2D eigenvalue weighted by molar-refractivity contribution is 0.575. The van der Waals surface area contributed by atoms with Crippen LogP contribution in [0.4, 0.5) is 8.78 Å². The van der Waals surface area contributed by atoms with Crippen molar-refractivity contribution in [3.63, 3.8) is 0 Å². The molecule has 0 unspecified atom stereocenters. The highest BCUT2D eigenvalue weighted by Gasteiger charge is 2.08. The summed E-state index contributed by atoms with van der Waals surface area (Å²) in [6, 6.07) is 18.5. The van der Waals surface area contributed by atoms with E-state index in [0.29, 0.717) is 5.56 Å². The Balaban J connectivity index is 1.53. The fraction of sp³-hybridized carbons (Fsp3) is 0.389. The zero-order valence-corrected chi connectivity index (χ0v) is 23.0. The van der Waals surface area contributed by atoms with Crippen molar-refractivity contribution >= 4 is 0 Å². The molecule has 0 aliphatic rings. The normalized spacial score (nSPS) is 10.4. The average molecular weight is 511 g/mol. The van der Waals surface area contributed by atoms with Crippen LogP contribution in [-0.4, -0.2) is 0 Å². The second-order valence-corrected chi connectivity index (χ2v) is 10.0. The molecule has 0 bridgehead atoms. The van der Waals surface area contributed by atoms with Gasteiger partial charge in [0.1, 0.15) is 11.6 Å². The predicted molar refractivity (Wildman–Crippen MR) is 156 cm³/mol. The van der Waals surface area contributed by atoms with Crippen molar-refractivity contribution in [2.45, 2.75) is 90.9 Å². The molecule has 0 radical (unpaired) electrons. The zero-order chi connectivity index (χ0) is 27.0. The van der Waals surface area contributed by atoms with Crippen molar-refractivity contribution in [3.8, 4) is 23.7 Å². The molecule has 0 saturated heterocycles. The Morgan fingerprint density at radius 2 is 0.895 bits per heavy atom. The maximum absolute atomic E-state index is 14.6. The Bertz CT molecular complexity index is 1220. The second kappa shape index (κ2) is 16.5. The van der Waals surface area contributed by atoms with Crippen molar-refractivity contribution < 1.29 is 8.78 Å². The van der Waals surface area contributed by atoms with Crippen LogP contribution in [0.2, 0.25) is 0 Å². The molecule has 198 valence electrons. The van der Waals surface area contributed by atoms with Crippen molar-refractivity contribution in [3.05, 3.63) is 106 Å². The standard InChI is InChI=1S/C36H40F2/c1-3-5-7-8-9-10-11-12-14-30-17-19-31(20-18-30)23-24-33-27-35(37)34(36(38)28-33)26-25-32-21-15-29(16-22-32)13-6-4-2/h15-22,27-28H,3-14H2,1-2H3. The van der Waals surface area contributed by atoms with Crippen LogP contribution in [0, 0.1) is 35.3 Å². The summed E-state index contributed by atoms with van der Waals surface area (Å²) in [5.74, 6) is 10.1. The van der Waals surface area contributed by atoms with E-state index in [1.54, 1.807) is 0 Å². The number of unbranched alkanes of at least 4 members (excludes halogenated alkanes) is 8. The first-order chi connectivity index (χ1) is 18.6. The third-order valence-electron chi connectivity index (χ3n) is 6.77. The minimum Gasteiger partial charge on any atom is -0.205 e. The minimum atomic E-state index is -0.693. The van der Waals surface area contributed by atoms with Gasteiger partial charge in [-0.3, -0.25) is 0 Å². The maximum Gasteiger partial charge on any atom is 0.143 e. The Morgan fingerprint density at radius 1 is 0.474 bits per heavy atom. The highest BCUT2D eigenvalue weighted by atomic mass is 19.1. The van der Waals surface area contributed by atoms with Gasteiger partial charge < -0.3 is 0 Å². The van der Waals surface area contributed by atoms with Crippen LogP contribution in [0.25, 0.3) is 0 Å². The summed E-state index contributed by atoms with van der Waals surface area (Å²) in [5.41, 5.74) is 4.19. The highest BCUT2D eigenvalue weighted by Crippen LogP contribution is 2.16. The molecule has 0 heterocycles. The van der Waals surface area contributed by atoms with E-state index in [1.807, 2.05) is 36.4 Å². The minimum absolute atomic E-state index is 0.226. The summed E-state index contributed by atoms with van der Waals surface area (Å²) in [6.45, 7) is 4.41. The summed E-state index contributed by atoms with van der Waals surface area (Å²) < 4.78 is 29.3. The molecule has 0 aromatic heterocycles. The molecule has 0 saturated carbocycles. The van der Waals surface area contributed by atoms with Gasteiger partial charge in [-0.15, -0.1) is 0 Å². The first-order valence-electron chi connectivity index (χ1n) is 14.3. The molecule has 0 N–H and O–H groups in total. The van der Waals surface area contributed by atoms with Crippen molar-refractivity contribution in [1.29, 1.82) is 0 Å². The summed E-state index contributed by atoms with van der Waals surface area (Å²) in [6.07, 6.45) is 14.9. The van der Waals surface area contributed by atoms with Crippen molar-refractivity contribution in [2.75, 3.05) is 0 Å². The third kappa shape index (κ3) is 10.2. The van der Waals surface area contributed by atoms with E-state index in [4.69, 9.17) is 0 Å². The van der Waals surface area contributed by atoms with Crippen LogP contribution in [-0.2, 0) is 12.8 Å². The maximum atomic E-state index is 14.6. The first kappa shape index (κ1) is 29.2. The van der Waals surface area contributed by atoms with Gasteiger partial charge in [0.15, 0.2) is 0 Å². The molecule has 3 aromatic carbocycles. The van der Waals surface area contributed by atoms with E-state index in [0.717, 1.165) is 36.8 Å². The topological polar surface area (TPSA) is 0 Å². The summed E-state index contributed by atoms with van der Waals surface area (Å²) >= 11 is 0. The van der Waals surface area contributed by atoms with Gasteiger partial charge in [-0.25, -0.2) is 8.78 Å². The fourth-order valence-corrected chi connectivity index (χ4v) is 4.40. The van der Waals surface area contributed by atoms with Crippen molar-refractivity contribution in [1.82, 2.24) is 0 Å². The molecule has 0 fully saturated rings. The fourth-order valence-electron chi connectivity index (χ4n) is 4.40. The zero-order valence-electron chi connectivity index (χ0n) is 23.0. The van der Waals surface area contributed by atoms with Crippen LogP contribution in [0.15, 0.2) is 60.7 Å². The summed E-state index contributed by atoms with van der Waals surface area (Å²) in [7, 11) is 0. The molecule has 2 heteroatoms. The van der Waals surface area contributed by atoms with Crippen LogP contribution in [0.5, 0.6) is 0 Å². The van der Waals surface area contributed by atoms with Gasteiger partial charge in [0, 0.05) is 16.7 Å². The molecule has 38 heavy (non-hydrogen) atoms. The SMILES string of the molecule is CCCCCCCCCCc1ccc(C#Cc2cc(F)c(C#Cc3ccc(CCCC)cc3)c(F)c2)cc1. The summed E-state index contributed by atoms with van der Waals surface area (Å²) in [5, 5.41) is 0. The van der Waals surface area contributed by atoms with Gasteiger partial charge in [0.2, 0.25) is 0 Å². The Kier molecular flexibility index (Phi) is 12.7. The van der Waals surface area contributed by atoms with Crippen LogP contribution in [0.3, 0.4) is 0 Å². The lowest BCUT2D eigenvalue weighted by Gasteiger charge is -2.03. The Hall–Kier alpha value is -3.36. The number of benzene rings is 3. The molecule has 3 aromatic rings. The van der Waals surface area contributed by atoms with Crippen LogP contribution < -0.4 is 0 Å². The Morgan fingerprint density at radius 3 is 1.42 bits per heavy atom. The Labute approximate surface area is 228 Å². The molecule has 3 rings (SSSR count). The van der Waals surface area contributed by atoms with Gasteiger partial charge in [-0.1, -0.05) is 113 Å². The monoisotopic (exact) mass is 510 g/mol. The van der Waals surface area contributed by atoms with Crippen LogP contribution in [0.1, 0.15) is 111 Å². The highest BCUT2D eigenvalue weighted by molar-refractivity contribution is 5.49. The number of hydrogen-bond acceptors (Lipinski definition) is 0. The number of hydrogen-bond donors (Lipinski definition) is 0. The van der Waals surface area contributed by atoms with Gasteiger partial charge in [0.25, 0.3) is 0 Å². The average Bonchev–Trinajstić information content (AvgIpc) is 2.93. The number of halogens is 2. The largest absolute Gasteiger partial charge is 0.205 e. The van der Waals surface area contributed by atoms with E-state index >= 15 is 0 Å². The second-order valence-electron chi connectivity index (χ2n) is 10.0. The van der Waals surface area contributed by atoms with Crippen LogP contribution >= 0.6 is 0 Å². The number of aryl methyl sites for hydroxylation is 2. The molecular weight excluding hydrogens is 470 g/mol. The van der Waals surface area contributed by atoms with E-state index in [1.165, 1.54) is 74.6 Å². The molecular formula is C36H40F2. The lowest BCUT2D eigenvalue weighted by atomic mass is 10.0. The molecule has 0 aliphatic carbocycles. The van der Waals surface area contributed by atoms with Gasteiger partial charge in [-0.2, -0.15) is 0 Å². The van der Waals surface area contributed by atoms with E-state index < -0.39 is 11.6 Å². The molecule has 0 spiro atoms. The molecule has 0 amide bonds. The smallest absolute Gasteiger partial charge is 0.143 e. The quantitative estimate of drug-likeness (QED) is 0.168. The van der Waals surface area contributed by atoms with Gasteiger partial charge in [-0.05, 0) is 73.2 Å². The van der Waals surface area contributed by atoms with Gasteiger partial charge >= 0.3 is 0 Å². The van der Waals surface area contributed by atoms with E-state index in [9.17, 15) is 8.78 Å². The third-order valence-corrected chi connectivity index (χ3v) is 6.77.